The summed E-state index contributed by atoms with van der Waals surface area (Å²) in [6.07, 6.45) is 2.41. The molecule has 0 spiro atoms. The number of aliphatic carboxylic acids is 1. The Morgan fingerprint density at radius 3 is 2.71 bits per heavy atom. The van der Waals surface area contributed by atoms with Gasteiger partial charge >= 0.3 is 5.97 Å². The first-order chi connectivity index (χ1) is 10.0. The van der Waals surface area contributed by atoms with E-state index in [9.17, 15) is 9.59 Å². The second-order valence-electron chi connectivity index (χ2n) is 5.15. The van der Waals surface area contributed by atoms with Gasteiger partial charge in [0.1, 0.15) is 6.04 Å². The molecule has 0 fully saturated rings. The molecule has 1 unspecified atom stereocenters. The summed E-state index contributed by atoms with van der Waals surface area (Å²) < 4.78 is 0. The fourth-order valence-corrected chi connectivity index (χ4v) is 2.07. The number of amides is 1. The first-order valence-electron chi connectivity index (χ1n) is 7.35. The average Bonchev–Trinajstić information content (AvgIpc) is 2.42. The van der Waals surface area contributed by atoms with Crippen molar-refractivity contribution >= 4 is 17.6 Å². The van der Waals surface area contributed by atoms with Crippen LogP contribution in [-0.4, -0.2) is 29.6 Å². The van der Waals surface area contributed by atoms with Gasteiger partial charge in [-0.1, -0.05) is 25.5 Å². The Kier molecular flexibility index (Phi) is 7.46. The first-order valence-corrected chi connectivity index (χ1v) is 7.35. The van der Waals surface area contributed by atoms with Gasteiger partial charge in [0.05, 0.1) is 0 Å². The van der Waals surface area contributed by atoms with Crippen molar-refractivity contribution in [2.24, 2.45) is 0 Å². The SMILES string of the molecule is CCCC(NCCCC(=O)Nc1cccc(C)c1)C(=O)O. The van der Waals surface area contributed by atoms with Crippen molar-refractivity contribution in [2.45, 2.75) is 45.6 Å². The van der Waals surface area contributed by atoms with Gasteiger partial charge < -0.3 is 15.7 Å². The molecule has 0 aliphatic heterocycles. The van der Waals surface area contributed by atoms with Gasteiger partial charge in [-0.2, -0.15) is 0 Å². The van der Waals surface area contributed by atoms with E-state index in [1.165, 1.54) is 0 Å². The molecule has 0 radical (unpaired) electrons. The molecule has 21 heavy (non-hydrogen) atoms. The van der Waals surface area contributed by atoms with Crippen molar-refractivity contribution < 1.29 is 14.7 Å². The molecule has 1 rings (SSSR count). The van der Waals surface area contributed by atoms with Crippen LogP contribution in [0.5, 0.6) is 0 Å². The fraction of sp³-hybridized carbons (Fsp3) is 0.500. The summed E-state index contributed by atoms with van der Waals surface area (Å²) in [7, 11) is 0. The largest absolute Gasteiger partial charge is 0.480 e. The molecule has 3 N–H and O–H groups in total. The summed E-state index contributed by atoms with van der Waals surface area (Å²) in [5.74, 6) is -0.883. The molecular weight excluding hydrogens is 268 g/mol. The van der Waals surface area contributed by atoms with Crippen molar-refractivity contribution in [3.8, 4) is 0 Å². The maximum atomic E-state index is 11.8. The van der Waals surface area contributed by atoms with E-state index in [0.717, 1.165) is 17.7 Å². The minimum absolute atomic E-state index is 0.0511. The predicted molar refractivity (Wildman–Crippen MR) is 83.4 cm³/mol. The summed E-state index contributed by atoms with van der Waals surface area (Å²) in [6.45, 7) is 4.45. The van der Waals surface area contributed by atoms with Crippen LogP contribution in [0, 0.1) is 6.92 Å². The lowest BCUT2D eigenvalue weighted by Gasteiger charge is -2.13. The highest BCUT2D eigenvalue weighted by atomic mass is 16.4. The molecule has 5 nitrogen and oxygen atoms in total. The quantitative estimate of drug-likeness (QED) is 0.611. The monoisotopic (exact) mass is 292 g/mol. The van der Waals surface area contributed by atoms with Crippen molar-refractivity contribution in [1.82, 2.24) is 5.32 Å². The summed E-state index contributed by atoms with van der Waals surface area (Å²) in [5.41, 5.74) is 1.89. The minimum Gasteiger partial charge on any atom is -0.480 e. The summed E-state index contributed by atoms with van der Waals surface area (Å²) in [6, 6.07) is 7.12. The van der Waals surface area contributed by atoms with E-state index in [1.807, 2.05) is 38.1 Å². The smallest absolute Gasteiger partial charge is 0.320 e. The van der Waals surface area contributed by atoms with Gasteiger partial charge in [-0.15, -0.1) is 0 Å². The van der Waals surface area contributed by atoms with Crippen LogP contribution >= 0.6 is 0 Å². The summed E-state index contributed by atoms with van der Waals surface area (Å²) >= 11 is 0. The number of hydrogen-bond donors (Lipinski definition) is 3. The lowest BCUT2D eigenvalue weighted by atomic mass is 10.1. The molecule has 0 saturated carbocycles. The number of nitrogens with one attached hydrogen (secondary N) is 2. The zero-order valence-corrected chi connectivity index (χ0v) is 12.7. The number of carbonyl (C=O) groups is 2. The highest BCUT2D eigenvalue weighted by Gasteiger charge is 2.14. The van der Waals surface area contributed by atoms with Crippen LogP contribution in [0.4, 0.5) is 5.69 Å². The number of rotatable bonds is 9. The Labute approximate surface area is 125 Å². The Morgan fingerprint density at radius 2 is 2.10 bits per heavy atom. The third-order valence-corrected chi connectivity index (χ3v) is 3.15. The molecule has 1 aromatic rings. The molecule has 1 aromatic carbocycles. The van der Waals surface area contributed by atoms with Crippen molar-refractivity contribution in [1.29, 1.82) is 0 Å². The average molecular weight is 292 g/mol. The lowest BCUT2D eigenvalue weighted by Crippen LogP contribution is -2.37. The van der Waals surface area contributed by atoms with Gasteiger partial charge in [0, 0.05) is 12.1 Å². The van der Waals surface area contributed by atoms with Crippen LogP contribution < -0.4 is 10.6 Å². The maximum absolute atomic E-state index is 11.8. The van der Waals surface area contributed by atoms with E-state index in [4.69, 9.17) is 5.11 Å². The third kappa shape index (κ3) is 6.90. The molecule has 0 aliphatic carbocycles. The highest BCUT2D eigenvalue weighted by Crippen LogP contribution is 2.10. The van der Waals surface area contributed by atoms with Crippen LogP contribution in [-0.2, 0) is 9.59 Å². The zero-order valence-electron chi connectivity index (χ0n) is 12.7. The molecule has 0 heterocycles. The zero-order chi connectivity index (χ0) is 15.7. The molecule has 1 atom stereocenters. The van der Waals surface area contributed by atoms with Crippen molar-refractivity contribution in [3.05, 3.63) is 29.8 Å². The Hall–Kier alpha value is -1.88. The van der Waals surface area contributed by atoms with Crippen LogP contribution in [0.15, 0.2) is 24.3 Å². The number of carboxylic acids is 1. The number of aryl methyl sites for hydroxylation is 1. The second-order valence-corrected chi connectivity index (χ2v) is 5.15. The van der Waals surface area contributed by atoms with E-state index in [0.29, 0.717) is 25.8 Å². The van der Waals surface area contributed by atoms with Crippen LogP contribution in [0.25, 0.3) is 0 Å². The number of carbonyl (C=O) groups excluding carboxylic acids is 1. The van der Waals surface area contributed by atoms with Crippen LogP contribution in [0.2, 0.25) is 0 Å². The molecule has 0 bridgehead atoms. The van der Waals surface area contributed by atoms with E-state index in [-0.39, 0.29) is 5.91 Å². The molecule has 0 aromatic heterocycles. The molecule has 0 aliphatic rings. The molecule has 5 heteroatoms. The van der Waals surface area contributed by atoms with Gasteiger partial charge in [-0.05, 0) is 44.0 Å². The minimum atomic E-state index is -0.832. The molecule has 0 saturated heterocycles. The van der Waals surface area contributed by atoms with Crippen molar-refractivity contribution in [3.63, 3.8) is 0 Å². The Morgan fingerprint density at radius 1 is 1.33 bits per heavy atom. The number of anilines is 1. The van der Waals surface area contributed by atoms with E-state index >= 15 is 0 Å². The van der Waals surface area contributed by atoms with Gasteiger partial charge in [0.2, 0.25) is 5.91 Å². The molecule has 1 amide bonds. The third-order valence-electron chi connectivity index (χ3n) is 3.15. The molecular formula is C16H24N2O3. The highest BCUT2D eigenvalue weighted by molar-refractivity contribution is 5.90. The Balaban J connectivity index is 2.26. The normalized spacial score (nSPS) is 11.9. The van der Waals surface area contributed by atoms with E-state index < -0.39 is 12.0 Å². The summed E-state index contributed by atoms with van der Waals surface area (Å²) in [4.78, 5) is 22.7. The number of hydrogen-bond acceptors (Lipinski definition) is 3. The Bertz CT molecular complexity index is 474. The fourth-order valence-electron chi connectivity index (χ4n) is 2.07. The predicted octanol–water partition coefficient (Wildman–Crippen LogP) is 2.56. The van der Waals surface area contributed by atoms with Gasteiger partial charge in [0.25, 0.3) is 0 Å². The summed E-state index contributed by atoms with van der Waals surface area (Å²) in [5, 5.41) is 14.8. The first kappa shape index (κ1) is 17.2. The topological polar surface area (TPSA) is 78.4 Å². The van der Waals surface area contributed by atoms with Crippen molar-refractivity contribution in [2.75, 3.05) is 11.9 Å². The number of carboxylic acid groups (broad SMARTS) is 1. The van der Waals surface area contributed by atoms with Gasteiger partial charge in [0.15, 0.2) is 0 Å². The van der Waals surface area contributed by atoms with Gasteiger partial charge in [-0.3, -0.25) is 9.59 Å². The van der Waals surface area contributed by atoms with E-state index in [2.05, 4.69) is 10.6 Å². The second kappa shape index (κ2) is 9.13. The van der Waals surface area contributed by atoms with Crippen LogP contribution in [0.1, 0.15) is 38.2 Å². The molecule has 116 valence electrons. The number of benzene rings is 1. The van der Waals surface area contributed by atoms with Gasteiger partial charge in [-0.25, -0.2) is 0 Å². The van der Waals surface area contributed by atoms with E-state index in [1.54, 1.807) is 0 Å². The van der Waals surface area contributed by atoms with Crippen LogP contribution in [0.3, 0.4) is 0 Å². The standard InChI is InChI=1S/C16H24N2O3/c1-3-6-14(16(20)21)17-10-5-9-15(19)18-13-8-4-7-12(2)11-13/h4,7-8,11,14,17H,3,5-6,9-10H2,1-2H3,(H,18,19)(H,20,21). The maximum Gasteiger partial charge on any atom is 0.320 e. The lowest BCUT2D eigenvalue weighted by molar-refractivity contribution is -0.139.